The lowest BCUT2D eigenvalue weighted by molar-refractivity contribution is 0.366. The Bertz CT molecular complexity index is 215. The third-order valence-corrected chi connectivity index (χ3v) is 1.31. The summed E-state index contributed by atoms with van der Waals surface area (Å²) in [5, 5.41) is 3.78. The van der Waals surface area contributed by atoms with Gasteiger partial charge in [0.1, 0.15) is 17.6 Å². The van der Waals surface area contributed by atoms with Gasteiger partial charge in [-0.3, -0.25) is 0 Å². The zero-order valence-corrected chi connectivity index (χ0v) is 5.13. The molecular formula is C6H7NO2. The quantitative estimate of drug-likeness (QED) is 0.526. The van der Waals surface area contributed by atoms with E-state index in [0.717, 1.165) is 18.1 Å². The number of rotatable bonds is 1. The highest BCUT2D eigenvalue weighted by molar-refractivity contribution is 5.09. The van der Waals surface area contributed by atoms with Gasteiger partial charge in [0.15, 0.2) is 0 Å². The maximum Gasteiger partial charge on any atom is 0.134 e. The van der Waals surface area contributed by atoms with Crippen molar-refractivity contribution in [1.82, 2.24) is 5.16 Å². The van der Waals surface area contributed by atoms with Crippen LogP contribution in [-0.4, -0.2) is 11.8 Å². The van der Waals surface area contributed by atoms with Crippen LogP contribution < -0.4 is 0 Å². The number of hydrogen-bond acceptors (Lipinski definition) is 3. The van der Waals surface area contributed by atoms with Crippen molar-refractivity contribution in [3.8, 4) is 0 Å². The van der Waals surface area contributed by atoms with Gasteiger partial charge in [-0.2, -0.15) is 0 Å². The molecule has 3 nitrogen and oxygen atoms in total. The summed E-state index contributed by atoms with van der Waals surface area (Å²) in [6, 6.07) is 1.90. The molecule has 0 saturated carbocycles. The monoisotopic (exact) mass is 125 g/mol. The lowest BCUT2D eigenvalue weighted by Gasteiger charge is -1.75. The molecule has 0 radical (unpaired) electrons. The first-order valence-corrected chi connectivity index (χ1v) is 2.91. The van der Waals surface area contributed by atoms with E-state index in [2.05, 4.69) is 5.16 Å². The minimum atomic E-state index is 0.224. The predicted octanol–water partition coefficient (Wildman–Crippen LogP) is 1.05. The van der Waals surface area contributed by atoms with Crippen molar-refractivity contribution in [2.24, 2.45) is 0 Å². The highest BCUT2D eigenvalue weighted by Crippen LogP contribution is 2.28. The van der Waals surface area contributed by atoms with E-state index < -0.39 is 0 Å². The molecule has 0 N–H and O–H groups in total. The molecule has 0 aliphatic carbocycles. The molecule has 1 saturated heterocycles. The fraction of sp³-hybridized carbons (Fsp3) is 0.500. The number of nitrogens with zero attached hydrogens (tertiary/aromatic N) is 1. The third-order valence-electron chi connectivity index (χ3n) is 1.31. The van der Waals surface area contributed by atoms with Crippen molar-refractivity contribution in [1.29, 1.82) is 0 Å². The minimum Gasteiger partial charge on any atom is -0.366 e. The van der Waals surface area contributed by atoms with Crippen LogP contribution >= 0.6 is 0 Å². The fourth-order valence-corrected chi connectivity index (χ4v) is 0.756. The van der Waals surface area contributed by atoms with Gasteiger partial charge in [-0.15, -0.1) is 0 Å². The van der Waals surface area contributed by atoms with Crippen molar-refractivity contribution in [2.75, 3.05) is 6.61 Å². The first-order valence-electron chi connectivity index (χ1n) is 2.91. The number of aryl methyl sites for hydroxylation is 1. The number of epoxide rings is 1. The smallest absolute Gasteiger partial charge is 0.134 e. The second-order valence-electron chi connectivity index (χ2n) is 2.18. The van der Waals surface area contributed by atoms with Gasteiger partial charge in [0, 0.05) is 6.07 Å². The van der Waals surface area contributed by atoms with Gasteiger partial charge >= 0.3 is 0 Å². The Morgan fingerprint density at radius 2 is 2.56 bits per heavy atom. The second-order valence-corrected chi connectivity index (χ2v) is 2.18. The van der Waals surface area contributed by atoms with Crippen LogP contribution in [0.3, 0.4) is 0 Å². The molecule has 1 aromatic rings. The summed E-state index contributed by atoms with van der Waals surface area (Å²) in [7, 11) is 0. The van der Waals surface area contributed by atoms with E-state index in [-0.39, 0.29) is 6.10 Å². The highest BCUT2D eigenvalue weighted by Gasteiger charge is 2.27. The Labute approximate surface area is 52.6 Å². The van der Waals surface area contributed by atoms with Crippen LogP contribution in [0.15, 0.2) is 10.6 Å². The maximum absolute atomic E-state index is 4.99. The van der Waals surface area contributed by atoms with Crippen molar-refractivity contribution >= 4 is 0 Å². The molecule has 0 aromatic carbocycles. The van der Waals surface area contributed by atoms with Gasteiger partial charge in [0.05, 0.1) is 6.61 Å². The number of aromatic nitrogens is 1. The molecule has 0 amide bonds. The van der Waals surface area contributed by atoms with E-state index in [4.69, 9.17) is 9.26 Å². The zero-order chi connectivity index (χ0) is 6.27. The summed E-state index contributed by atoms with van der Waals surface area (Å²) in [4.78, 5) is 0. The Balaban J connectivity index is 2.28. The van der Waals surface area contributed by atoms with Crippen LogP contribution in [0.2, 0.25) is 0 Å². The fourth-order valence-electron chi connectivity index (χ4n) is 0.756. The topological polar surface area (TPSA) is 38.6 Å². The van der Waals surface area contributed by atoms with E-state index in [1.165, 1.54) is 0 Å². The Hall–Kier alpha value is -0.830. The molecule has 1 fully saturated rings. The van der Waals surface area contributed by atoms with Crippen molar-refractivity contribution in [3.05, 3.63) is 17.5 Å². The Morgan fingerprint density at radius 3 is 3.00 bits per heavy atom. The van der Waals surface area contributed by atoms with Crippen molar-refractivity contribution in [2.45, 2.75) is 13.0 Å². The summed E-state index contributed by atoms with van der Waals surface area (Å²) in [6.45, 7) is 2.67. The number of hydrogen-bond donors (Lipinski definition) is 0. The minimum absolute atomic E-state index is 0.224. The molecule has 2 heterocycles. The lowest BCUT2D eigenvalue weighted by atomic mass is 10.3. The van der Waals surface area contributed by atoms with Gasteiger partial charge in [0.2, 0.25) is 0 Å². The first kappa shape index (κ1) is 4.99. The predicted molar refractivity (Wildman–Crippen MR) is 29.9 cm³/mol. The molecule has 1 aromatic heterocycles. The van der Waals surface area contributed by atoms with Gasteiger partial charge in [-0.05, 0) is 6.92 Å². The van der Waals surface area contributed by atoms with Crippen molar-refractivity contribution < 1.29 is 9.26 Å². The number of ether oxygens (including phenoxy) is 1. The normalized spacial score (nSPS) is 24.3. The molecule has 3 heteroatoms. The van der Waals surface area contributed by atoms with E-state index in [1.54, 1.807) is 0 Å². The van der Waals surface area contributed by atoms with Gasteiger partial charge in [-0.25, -0.2) is 0 Å². The van der Waals surface area contributed by atoms with Gasteiger partial charge < -0.3 is 9.26 Å². The van der Waals surface area contributed by atoms with Crippen molar-refractivity contribution in [3.63, 3.8) is 0 Å². The van der Waals surface area contributed by atoms with E-state index in [0.29, 0.717) is 0 Å². The van der Waals surface area contributed by atoms with E-state index >= 15 is 0 Å². The molecule has 0 bridgehead atoms. The standard InChI is InChI=1S/C6H7NO2/c1-4-2-5(7-9-4)6-3-8-6/h2,6H,3H2,1H3/t6-/m1/s1. The molecule has 1 aliphatic rings. The molecular weight excluding hydrogens is 118 g/mol. The Kier molecular flexibility index (Phi) is 0.873. The molecule has 9 heavy (non-hydrogen) atoms. The highest BCUT2D eigenvalue weighted by atomic mass is 16.6. The Morgan fingerprint density at radius 1 is 1.78 bits per heavy atom. The van der Waals surface area contributed by atoms with Crippen LogP contribution in [0.5, 0.6) is 0 Å². The van der Waals surface area contributed by atoms with Crippen LogP contribution in [0.4, 0.5) is 0 Å². The summed E-state index contributed by atoms with van der Waals surface area (Å²) in [6.07, 6.45) is 0.224. The third kappa shape index (κ3) is 0.833. The molecule has 0 spiro atoms. The first-order chi connectivity index (χ1) is 4.36. The maximum atomic E-state index is 4.99. The van der Waals surface area contributed by atoms with Crippen LogP contribution in [-0.2, 0) is 4.74 Å². The summed E-state index contributed by atoms with van der Waals surface area (Å²) in [5.41, 5.74) is 0.924. The van der Waals surface area contributed by atoms with E-state index in [1.807, 2.05) is 13.0 Å². The largest absolute Gasteiger partial charge is 0.366 e. The molecule has 1 aliphatic heterocycles. The summed E-state index contributed by atoms with van der Waals surface area (Å²) >= 11 is 0. The van der Waals surface area contributed by atoms with Crippen LogP contribution in [0.25, 0.3) is 0 Å². The SMILES string of the molecule is Cc1cc([C@H]2CO2)no1. The second kappa shape index (κ2) is 1.57. The average Bonchev–Trinajstić information content (AvgIpc) is 2.58. The molecule has 2 rings (SSSR count). The molecule has 1 atom stereocenters. The molecule has 48 valence electrons. The van der Waals surface area contributed by atoms with Crippen LogP contribution in [0, 0.1) is 6.92 Å². The van der Waals surface area contributed by atoms with Gasteiger partial charge in [-0.1, -0.05) is 5.16 Å². The summed E-state index contributed by atoms with van der Waals surface area (Å²) in [5.74, 6) is 0.848. The van der Waals surface area contributed by atoms with Gasteiger partial charge in [0.25, 0.3) is 0 Å². The lowest BCUT2D eigenvalue weighted by Crippen LogP contribution is -1.75. The van der Waals surface area contributed by atoms with E-state index in [9.17, 15) is 0 Å². The summed E-state index contributed by atoms with van der Waals surface area (Å²) < 4.78 is 9.82. The molecule has 0 unspecified atom stereocenters. The zero-order valence-electron chi connectivity index (χ0n) is 5.13. The van der Waals surface area contributed by atoms with Crippen LogP contribution in [0.1, 0.15) is 17.6 Å². The average molecular weight is 125 g/mol.